The summed E-state index contributed by atoms with van der Waals surface area (Å²) in [5, 5.41) is 21.2. The van der Waals surface area contributed by atoms with Crippen molar-refractivity contribution in [1.82, 2.24) is 5.32 Å². The summed E-state index contributed by atoms with van der Waals surface area (Å²) in [4.78, 5) is 0. The lowest BCUT2D eigenvalue weighted by Crippen LogP contribution is -2.41. The van der Waals surface area contributed by atoms with E-state index < -0.39 is 24.9 Å². The van der Waals surface area contributed by atoms with E-state index in [-0.39, 0.29) is 19.8 Å². The van der Waals surface area contributed by atoms with Gasteiger partial charge in [-0.2, -0.15) is 13.2 Å². The maximum atomic E-state index is 12.0. The summed E-state index contributed by atoms with van der Waals surface area (Å²) in [6.07, 6.45) is -8.07. The second kappa shape index (κ2) is 8.55. The summed E-state index contributed by atoms with van der Waals surface area (Å²) in [6, 6.07) is 6.95. The molecule has 0 heterocycles. The van der Waals surface area contributed by atoms with Crippen LogP contribution in [0.2, 0.25) is 5.02 Å². The van der Waals surface area contributed by atoms with Crippen LogP contribution in [0.15, 0.2) is 24.3 Å². The van der Waals surface area contributed by atoms with Crippen LogP contribution < -0.4 is 5.32 Å². The first kappa shape index (κ1) is 18.2. The van der Waals surface area contributed by atoms with Crippen molar-refractivity contribution in [2.24, 2.45) is 0 Å². The summed E-state index contributed by atoms with van der Waals surface area (Å²) < 4.78 is 41.2. The summed E-state index contributed by atoms with van der Waals surface area (Å²) >= 11 is 5.72. The zero-order valence-electron chi connectivity index (χ0n) is 11.1. The molecule has 2 atom stereocenters. The van der Waals surface area contributed by atoms with Crippen LogP contribution >= 0.6 is 11.6 Å². The Morgan fingerprint density at radius 1 is 1.14 bits per heavy atom. The predicted molar refractivity (Wildman–Crippen MR) is 72.0 cm³/mol. The van der Waals surface area contributed by atoms with E-state index in [9.17, 15) is 18.3 Å². The third-order valence-electron chi connectivity index (χ3n) is 2.59. The first-order chi connectivity index (χ1) is 9.79. The molecule has 0 radical (unpaired) electrons. The fraction of sp³-hybridized carbons (Fsp3) is 0.538. The highest BCUT2D eigenvalue weighted by Crippen LogP contribution is 2.19. The number of benzene rings is 1. The minimum absolute atomic E-state index is 0.0300. The molecule has 0 fully saturated rings. The fourth-order valence-corrected chi connectivity index (χ4v) is 1.58. The van der Waals surface area contributed by atoms with Gasteiger partial charge in [-0.25, -0.2) is 0 Å². The van der Waals surface area contributed by atoms with E-state index in [1.54, 1.807) is 24.3 Å². The molecule has 0 saturated carbocycles. The molecule has 2 unspecified atom stereocenters. The zero-order chi connectivity index (χ0) is 15.9. The monoisotopic (exact) mass is 327 g/mol. The molecule has 0 aliphatic heterocycles. The highest BCUT2D eigenvalue weighted by Gasteiger charge is 2.37. The lowest BCUT2D eigenvalue weighted by molar-refractivity contribution is -0.202. The molecule has 21 heavy (non-hydrogen) atoms. The second-order valence-electron chi connectivity index (χ2n) is 4.51. The Labute approximate surface area is 125 Å². The van der Waals surface area contributed by atoms with Crippen molar-refractivity contribution in [2.75, 3.05) is 19.7 Å². The number of aliphatic hydroxyl groups excluding tert-OH is 2. The lowest BCUT2D eigenvalue weighted by atomic mass is 10.2. The molecule has 0 amide bonds. The molecule has 0 bridgehead atoms. The van der Waals surface area contributed by atoms with Crippen molar-refractivity contribution in [1.29, 1.82) is 0 Å². The number of aliphatic hydroxyl groups is 2. The molecule has 0 saturated heterocycles. The Kier molecular flexibility index (Phi) is 7.41. The van der Waals surface area contributed by atoms with Gasteiger partial charge in [-0.1, -0.05) is 23.7 Å². The van der Waals surface area contributed by atoms with E-state index in [0.29, 0.717) is 5.02 Å². The van der Waals surface area contributed by atoms with Gasteiger partial charge < -0.3 is 20.3 Å². The number of hydrogen-bond donors (Lipinski definition) is 3. The molecule has 8 heteroatoms. The number of nitrogens with one attached hydrogen (secondary N) is 1. The van der Waals surface area contributed by atoms with E-state index >= 15 is 0 Å². The van der Waals surface area contributed by atoms with Crippen molar-refractivity contribution in [2.45, 2.75) is 25.0 Å². The van der Waals surface area contributed by atoms with E-state index in [1.807, 2.05) is 0 Å². The smallest absolute Gasteiger partial charge is 0.389 e. The number of alkyl halides is 3. The molecule has 0 aliphatic rings. The first-order valence-corrected chi connectivity index (χ1v) is 6.62. The molecule has 0 aromatic heterocycles. The van der Waals surface area contributed by atoms with Gasteiger partial charge in [0.15, 0.2) is 6.10 Å². The van der Waals surface area contributed by atoms with Crippen molar-refractivity contribution < 1.29 is 28.1 Å². The largest absolute Gasteiger partial charge is 0.415 e. The lowest BCUT2D eigenvalue weighted by Gasteiger charge is -2.17. The van der Waals surface area contributed by atoms with Crippen LogP contribution in [0.4, 0.5) is 13.2 Å². The minimum atomic E-state index is -4.66. The molecular formula is C13H17ClF3NO3. The van der Waals surface area contributed by atoms with Crippen LogP contribution in [0.5, 0.6) is 0 Å². The molecule has 4 nitrogen and oxygen atoms in total. The first-order valence-electron chi connectivity index (χ1n) is 6.25. The van der Waals surface area contributed by atoms with Crippen LogP contribution in [-0.4, -0.2) is 48.3 Å². The van der Waals surface area contributed by atoms with Crippen molar-refractivity contribution >= 4 is 11.6 Å². The van der Waals surface area contributed by atoms with E-state index in [4.69, 9.17) is 21.4 Å². The predicted octanol–water partition coefficient (Wildman–Crippen LogP) is 1.73. The van der Waals surface area contributed by atoms with Gasteiger partial charge in [-0.15, -0.1) is 0 Å². The highest BCUT2D eigenvalue weighted by molar-refractivity contribution is 6.30. The van der Waals surface area contributed by atoms with Crippen molar-refractivity contribution in [3.63, 3.8) is 0 Å². The van der Waals surface area contributed by atoms with Crippen LogP contribution in [0, 0.1) is 0 Å². The van der Waals surface area contributed by atoms with Gasteiger partial charge in [0.05, 0.1) is 19.3 Å². The van der Waals surface area contributed by atoms with Gasteiger partial charge in [0.25, 0.3) is 0 Å². The molecular weight excluding hydrogens is 311 g/mol. The van der Waals surface area contributed by atoms with Gasteiger partial charge in [-0.3, -0.25) is 0 Å². The Balaban J connectivity index is 2.14. The van der Waals surface area contributed by atoms with Crippen LogP contribution in [-0.2, 0) is 11.3 Å². The molecule has 0 spiro atoms. The third kappa shape index (κ3) is 7.63. The molecule has 0 aliphatic carbocycles. The van der Waals surface area contributed by atoms with Crippen molar-refractivity contribution in [3.05, 3.63) is 34.9 Å². The van der Waals surface area contributed by atoms with E-state index in [2.05, 4.69) is 5.32 Å². The Morgan fingerprint density at radius 2 is 1.76 bits per heavy atom. The van der Waals surface area contributed by atoms with Gasteiger partial charge in [-0.05, 0) is 17.7 Å². The average molecular weight is 328 g/mol. The summed E-state index contributed by atoms with van der Waals surface area (Å²) in [6.45, 7) is -0.539. The Hall–Kier alpha value is -0.860. The molecule has 1 rings (SSSR count). The fourth-order valence-electron chi connectivity index (χ4n) is 1.45. The maximum absolute atomic E-state index is 12.0. The number of halogens is 4. The number of hydrogen-bond acceptors (Lipinski definition) is 4. The minimum Gasteiger partial charge on any atom is -0.389 e. The molecule has 120 valence electrons. The normalized spacial score (nSPS) is 15.0. The molecule has 1 aromatic carbocycles. The van der Waals surface area contributed by atoms with Gasteiger partial charge >= 0.3 is 6.18 Å². The number of rotatable bonds is 8. The van der Waals surface area contributed by atoms with Crippen LogP contribution in [0.3, 0.4) is 0 Å². The Morgan fingerprint density at radius 3 is 2.33 bits per heavy atom. The average Bonchev–Trinajstić information content (AvgIpc) is 2.40. The van der Waals surface area contributed by atoms with Crippen LogP contribution in [0.1, 0.15) is 5.56 Å². The van der Waals surface area contributed by atoms with Gasteiger partial charge in [0, 0.05) is 18.1 Å². The summed E-state index contributed by atoms with van der Waals surface area (Å²) in [5.74, 6) is 0. The topological polar surface area (TPSA) is 61.7 Å². The quantitative estimate of drug-likeness (QED) is 0.680. The standard InChI is InChI=1S/C13H17ClF3NO3/c14-10-3-1-9(2-4-10)7-21-8-11(19)5-18-6-12(20)13(15,16)17/h1-4,11-12,18-20H,5-8H2. The van der Waals surface area contributed by atoms with E-state index in [1.165, 1.54) is 0 Å². The third-order valence-corrected chi connectivity index (χ3v) is 2.84. The number of ether oxygens (including phenoxy) is 1. The zero-order valence-corrected chi connectivity index (χ0v) is 11.9. The summed E-state index contributed by atoms with van der Waals surface area (Å²) in [5.41, 5.74) is 0.868. The Bertz CT molecular complexity index is 414. The highest BCUT2D eigenvalue weighted by atomic mass is 35.5. The molecule has 1 aromatic rings. The van der Waals surface area contributed by atoms with Crippen LogP contribution in [0.25, 0.3) is 0 Å². The van der Waals surface area contributed by atoms with E-state index in [0.717, 1.165) is 5.56 Å². The summed E-state index contributed by atoms with van der Waals surface area (Å²) in [7, 11) is 0. The van der Waals surface area contributed by atoms with Crippen molar-refractivity contribution in [3.8, 4) is 0 Å². The van der Waals surface area contributed by atoms with Gasteiger partial charge in [0.1, 0.15) is 0 Å². The SMILES string of the molecule is OC(CNCC(O)C(F)(F)F)COCc1ccc(Cl)cc1. The van der Waals surface area contributed by atoms with Gasteiger partial charge in [0.2, 0.25) is 0 Å². The maximum Gasteiger partial charge on any atom is 0.415 e. The molecule has 3 N–H and O–H groups in total. The second-order valence-corrected chi connectivity index (χ2v) is 4.95.